The SMILES string of the molecule is CCCNc1nc(C)c([N+](=O)[O-])c(NCc2cscn2)n1. The first-order valence-electron chi connectivity index (χ1n) is 6.49. The Bertz CT molecular complexity index is 616. The van der Waals surface area contributed by atoms with Crippen LogP contribution in [0.3, 0.4) is 0 Å². The zero-order valence-corrected chi connectivity index (χ0v) is 12.6. The number of hydrogen-bond acceptors (Lipinski definition) is 8. The molecule has 2 N–H and O–H groups in total. The minimum Gasteiger partial charge on any atom is -0.358 e. The molecule has 21 heavy (non-hydrogen) atoms. The zero-order chi connectivity index (χ0) is 15.2. The van der Waals surface area contributed by atoms with Crippen molar-refractivity contribution in [2.75, 3.05) is 17.2 Å². The van der Waals surface area contributed by atoms with Crippen LogP contribution in [-0.2, 0) is 6.54 Å². The van der Waals surface area contributed by atoms with Gasteiger partial charge in [-0.2, -0.15) is 4.98 Å². The molecule has 0 aliphatic carbocycles. The van der Waals surface area contributed by atoms with E-state index in [1.54, 1.807) is 12.4 Å². The molecule has 8 nitrogen and oxygen atoms in total. The summed E-state index contributed by atoms with van der Waals surface area (Å²) in [5.74, 6) is 0.597. The first-order chi connectivity index (χ1) is 10.1. The lowest BCUT2D eigenvalue weighted by Crippen LogP contribution is -2.11. The third-order valence-electron chi connectivity index (χ3n) is 2.69. The number of hydrogen-bond donors (Lipinski definition) is 2. The van der Waals surface area contributed by atoms with Gasteiger partial charge >= 0.3 is 5.69 Å². The van der Waals surface area contributed by atoms with Crippen molar-refractivity contribution in [2.45, 2.75) is 26.8 Å². The van der Waals surface area contributed by atoms with Crippen molar-refractivity contribution in [1.82, 2.24) is 15.0 Å². The molecule has 0 unspecified atom stereocenters. The lowest BCUT2D eigenvalue weighted by atomic mass is 10.3. The monoisotopic (exact) mass is 308 g/mol. The van der Waals surface area contributed by atoms with Crippen LogP contribution in [-0.4, -0.2) is 26.4 Å². The highest BCUT2D eigenvalue weighted by atomic mass is 32.1. The molecule has 112 valence electrons. The first-order valence-corrected chi connectivity index (χ1v) is 7.44. The fraction of sp³-hybridized carbons (Fsp3) is 0.417. The van der Waals surface area contributed by atoms with Crippen molar-refractivity contribution in [3.05, 3.63) is 32.4 Å². The van der Waals surface area contributed by atoms with Crippen molar-refractivity contribution in [1.29, 1.82) is 0 Å². The topological polar surface area (TPSA) is 106 Å². The highest BCUT2D eigenvalue weighted by Gasteiger charge is 2.21. The van der Waals surface area contributed by atoms with Gasteiger partial charge in [-0.15, -0.1) is 11.3 Å². The highest BCUT2D eigenvalue weighted by molar-refractivity contribution is 7.07. The van der Waals surface area contributed by atoms with Crippen LogP contribution in [0, 0.1) is 17.0 Å². The fourth-order valence-corrected chi connectivity index (χ4v) is 2.28. The van der Waals surface area contributed by atoms with Gasteiger partial charge in [0.25, 0.3) is 0 Å². The number of thiazole rings is 1. The van der Waals surface area contributed by atoms with Crippen molar-refractivity contribution >= 4 is 28.8 Å². The lowest BCUT2D eigenvalue weighted by molar-refractivity contribution is -0.385. The Morgan fingerprint density at radius 2 is 2.19 bits per heavy atom. The van der Waals surface area contributed by atoms with Gasteiger partial charge in [-0.25, -0.2) is 9.97 Å². The molecule has 0 atom stereocenters. The molecule has 0 saturated carbocycles. The smallest absolute Gasteiger partial charge is 0.332 e. The minimum absolute atomic E-state index is 0.104. The summed E-state index contributed by atoms with van der Waals surface area (Å²) in [5, 5.41) is 19.1. The largest absolute Gasteiger partial charge is 0.358 e. The van der Waals surface area contributed by atoms with Crippen LogP contribution in [0.2, 0.25) is 0 Å². The van der Waals surface area contributed by atoms with E-state index in [1.165, 1.54) is 11.3 Å². The van der Waals surface area contributed by atoms with Crippen molar-refractivity contribution < 1.29 is 4.92 Å². The maximum Gasteiger partial charge on any atom is 0.332 e. The first kappa shape index (κ1) is 15.1. The number of rotatable bonds is 7. The van der Waals surface area contributed by atoms with Gasteiger partial charge in [0.05, 0.1) is 22.7 Å². The predicted octanol–water partition coefficient (Wildman–Crippen LogP) is 2.58. The summed E-state index contributed by atoms with van der Waals surface area (Å²) < 4.78 is 0. The number of nitrogens with one attached hydrogen (secondary N) is 2. The molecule has 2 aromatic heterocycles. The van der Waals surface area contributed by atoms with E-state index < -0.39 is 4.92 Å². The molecule has 2 rings (SSSR count). The maximum atomic E-state index is 11.2. The third kappa shape index (κ3) is 3.85. The summed E-state index contributed by atoms with van der Waals surface area (Å²) in [5.41, 5.74) is 2.75. The highest BCUT2D eigenvalue weighted by Crippen LogP contribution is 2.26. The Morgan fingerprint density at radius 3 is 2.81 bits per heavy atom. The molecule has 9 heteroatoms. The summed E-state index contributed by atoms with van der Waals surface area (Å²) in [6, 6.07) is 0. The fourth-order valence-electron chi connectivity index (χ4n) is 1.72. The summed E-state index contributed by atoms with van der Waals surface area (Å²) in [6.07, 6.45) is 0.918. The molecule has 0 radical (unpaired) electrons. The Hall–Kier alpha value is -2.29. The number of nitrogens with zero attached hydrogens (tertiary/aromatic N) is 4. The number of aryl methyl sites for hydroxylation is 1. The van der Waals surface area contributed by atoms with E-state index in [2.05, 4.69) is 25.6 Å². The summed E-state index contributed by atoms with van der Waals surface area (Å²) in [4.78, 5) is 23.2. The van der Waals surface area contributed by atoms with Gasteiger partial charge in [-0.1, -0.05) is 6.92 Å². The molecule has 0 amide bonds. The van der Waals surface area contributed by atoms with Crippen LogP contribution in [0.4, 0.5) is 17.5 Å². The molecule has 2 aromatic rings. The van der Waals surface area contributed by atoms with Crippen LogP contribution in [0.1, 0.15) is 24.7 Å². The van der Waals surface area contributed by atoms with E-state index in [0.29, 0.717) is 24.7 Å². The van der Waals surface area contributed by atoms with Gasteiger partial charge in [0.15, 0.2) is 0 Å². The van der Waals surface area contributed by atoms with Crippen LogP contribution >= 0.6 is 11.3 Å². The average Bonchev–Trinajstić information content (AvgIpc) is 2.95. The quantitative estimate of drug-likeness (QED) is 0.598. The lowest BCUT2D eigenvalue weighted by Gasteiger charge is -2.09. The summed E-state index contributed by atoms with van der Waals surface area (Å²) in [7, 11) is 0. The second-order valence-corrected chi connectivity index (χ2v) is 5.07. The molecule has 0 spiro atoms. The van der Waals surface area contributed by atoms with Gasteiger partial charge in [-0.05, 0) is 13.3 Å². The van der Waals surface area contributed by atoms with Gasteiger partial charge < -0.3 is 10.6 Å². The Kier molecular flexibility index (Phi) is 4.99. The second-order valence-electron chi connectivity index (χ2n) is 4.35. The number of nitro groups is 1. The van der Waals surface area contributed by atoms with E-state index in [1.807, 2.05) is 12.3 Å². The van der Waals surface area contributed by atoms with Crippen molar-refractivity contribution in [2.24, 2.45) is 0 Å². The minimum atomic E-state index is -0.470. The van der Waals surface area contributed by atoms with Crippen molar-refractivity contribution in [3.63, 3.8) is 0 Å². The number of aromatic nitrogens is 3. The average molecular weight is 308 g/mol. The Balaban J connectivity index is 2.25. The standard InChI is InChI=1S/C12H16N6O2S/c1-3-4-13-12-16-8(2)10(18(19)20)11(17-12)14-5-9-6-21-7-15-9/h6-7H,3-5H2,1-2H3,(H2,13,14,16,17). The predicted molar refractivity (Wildman–Crippen MR) is 81.6 cm³/mol. The van der Waals surface area contributed by atoms with E-state index in [-0.39, 0.29) is 11.5 Å². The van der Waals surface area contributed by atoms with Crippen LogP contribution in [0.25, 0.3) is 0 Å². The zero-order valence-electron chi connectivity index (χ0n) is 11.8. The third-order valence-corrected chi connectivity index (χ3v) is 3.33. The van der Waals surface area contributed by atoms with Crippen LogP contribution < -0.4 is 10.6 Å². The van der Waals surface area contributed by atoms with Gasteiger partial charge in [0, 0.05) is 11.9 Å². The van der Waals surface area contributed by atoms with Crippen LogP contribution in [0.15, 0.2) is 10.9 Å². The molecule has 0 aliphatic heterocycles. The molecular weight excluding hydrogens is 292 g/mol. The normalized spacial score (nSPS) is 10.4. The molecular formula is C12H16N6O2S. The van der Waals surface area contributed by atoms with Gasteiger partial charge in [0.2, 0.25) is 11.8 Å². The van der Waals surface area contributed by atoms with Crippen LogP contribution in [0.5, 0.6) is 0 Å². The second kappa shape index (κ2) is 6.93. The molecule has 0 aliphatic rings. The number of anilines is 2. The molecule has 0 bridgehead atoms. The molecule has 2 heterocycles. The van der Waals surface area contributed by atoms with Gasteiger partial charge in [-0.3, -0.25) is 10.1 Å². The van der Waals surface area contributed by atoms with E-state index in [0.717, 1.165) is 12.1 Å². The van der Waals surface area contributed by atoms with E-state index >= 15 is 0 Å². The Morgan fingerprint density at radius 1 is 1.38 bits per heavy atom. The van der Waals surface area contributed by atoms with E-state index in [9.17, 15) is 10.1 Å². The van der Waals surface area contributed by atoms with Crippen molar-refractivity contribution in [3.8, 4) is 0 Å². The molecule has 0 fully saturated rings. The summed E-state index contributed by atoms with van der Waals surface area (Å²) in [6.45, 7) is 4.72. The maximum absolute atomic E-state index is 11.2. The Labute approximate surface area is 125 Å². The van der Waals surface area contributed by atoms with Gasteiger partial charge in [0.1, 0.15) is 5.69 Å². The molecule has 0 aromatic carbocycles. The molecule has 0 saturated heterocycles. The summed E-state index contributed by atoms with van der Waals surface area (Å²) >= 11 is 1.47. The van der Waals surface area contributed by atoms with E-state index in [4.69, 9.17) is 0 Å².